The molecule has 0 saturated heterocycles. The molecule has 1 amide bonds. The minimum absolute atomic E-state index is 0.225. The molecule has 0 unspecified atom stereocenters. The summed E-state index contributed by atoms with van der Waals surface area (Å²) in [6, 6.07) is 3.40. The Hall–Kier alpha value is -1.67. The molecule has 90 valence electrons. The smallest absolute Gasteiger partial charge is 0.246 e. The molecular weight excluding hydrogens is 240 g/mol. The van der Waals surface area contributed by atoms with E-state index in [0.29, 0.717) is 18.8 Å². The fourth-order valence-corrected chi connectivity index (χ4v) is 1.63. The number of amides is 1. The van der Waals surface area contributed by atoms with E-state index < -0.39 is 5.92 Å². The summed E-state index contributed by atoms with van der Waals surface area (Å²) in [5.41, 5.74) is 0.337. The number of hydrogen-bond acceptors (Lipinski definition) is 4. The Bertz CT molecular complexity index is 439. The highest BCUT2D eigenvalue weighted by Crippen LogP contribution is 2.17. The van der Waals surface area contributed by atoms with Crippen molar-refractivity contribution in [2.24, 2.45) is 0 Å². The van der Waals surface area contributed by atoms with Gasteiger partial charge in [-0.05, 0) is 19.9 Å². The fourth-order valence-electron chi connectivity index (χ4n) is 1.47. The van der Waals surface area contributed by atoms with Crippen molar-refractivity contribution in [2.75, 3.05) is 13.1 Å². The van der Waals surface area contributed by atoms with Gasteiger partial charge in [0.05, 0.1) is 11.8 Å². The molecular formula is C11H13ClN4O. The van der Waals surface area contributed by atoms with E-state index in [1.807, 2.05) is 19.9 Å². The van der Waals surface area contributed by atoms with Gasteiger partial charge in [0.2, 0.25) is 5.91 Å². The molecule has 0 aromatic carbocycles. The van der Waals surface area contributed by atoms with Gasteiger partial charge in [-0.1, -0.05) is 11.6 Å². The van der Waals surface area contributed by atoms with Crippen LogP contribution in [-0.2, 0) is 4.79 Å². The van der Waals surface area contributed by atoms with Crippen LogP contribution in [0.1, 0.15) is 25.5 Å². The second-order valence-corrected chi connectivity index (χ2v) is 3.73. The molecule has 6 heteroatoms. The van der Waals surface area contributed by atoms with Gasteiger partial charge in [0, 0.05) is 13.1 Å². The first-order chi connectivity index (χ1) is 8.13. The van der Waals surface area contributed by atoms with Gasteiger partial charge in [-0.15, -0.1) is 0 Å². The second kappa shape index (κ2) is 6.16. The summed E-state index contributed by atoms with van der Waals surface area (Å²) in [4.78, 5) is 21.3. The molecule has 0 aliphatic carbocycles. The highest BCUT2D eigenvalue weighted by atomic mass is 35.5. The lowest BCUT2D eigenvalue weighted by Crippen LogP contribution is -2.34. The van der Waals surface area contributed by atoms with Gasteiger partial charge in [-0.25, -0.2) is 9.97 Å². The van der Waals surface area contributed by atoms with E-state index in [9.17, 15) is 4.79 Å². The van der Waals surface area contributed by atoms with E-state index in [1.54, 1.807) is 4.90 Å². The molecule has 1 heterocycles. The highest BCUT2D eigenvalue weighted by molar-refractivity contribution is 6.29. The lowest BCUT2D eigenvalue weighted by atomic mass is 10.1. The molecule has 1 atom stereocenters. The summed E-state index contributed by atoms with van der Waals surface area (Å²) in [6.45, 7) is 4.85. The van der Waals surface area contributed by atoms with Gasteiger partial charge in [-0.3, -0.25) is 4.79 Å². The maximum atomic E-state index is 12.0. The molecule has 0 spiro atoms. The SMILES string of the molecule is CCN(CC)C(=O)[C@H](C#N)c1cc(Cl)ncn1. The number of carbonyl (C=O) groups excluding carboxylic acids is 1. The molecule has 17 heavy (non-hydrogen) atoms. The van der Waals surface area contributed by atoms with E-state index in [0.717, 1.165) is 0 Å². The summed E-state index contributed by atoms with van der Waals surface area (Å²) in [7, 11) is 0. The Labute approximate surface area is 105 Å². The third kappa shape index (κ3) is 3.14. The predicted octanol–water partition coefficient (Wildman–Crippen LogP) is 1.61. The van der Waals surface area contributed by atoms with E-state index in [1.165, 1.54) is 12.4 Å². The summed E-state index contributed by atoms with van der Waals surface area (Å²) < 4.78 is 0. The molecule has 0 N–H and O–H groups in total. The van der Waals surface area contributed by atoms with Crippen molar-refractivity contribution in [3.05, 3.63) is 23.2 Å². The minimum Gasteiger partial charge on any atom is -0.342 e. The van der Waals surface area contributed by atoms with E-state index in [4.69, 9.17) is 16.9 Å². The Balaban J connectivity index is 3.00. The van der Waals surface area contributed by atoms with Crippen LogP contribution < -0.4 is 0 Å². The molecule has 0 radical (unpaired) electrons. The monoisotopic (exact) mass is 252 g/mol. The Morgan fingerprint density at radius 1 is 1.53 bits per heavy atom. The molecule has 0 aliphatic heterocycles. The van der Waals surface area contributed by atoms with Crippen LogP contribution in [0, 0.1) is 11.3 Å². The molecule has 1 rings (SSSR count). The number of nitrogens with zero attached hydrogens (tertiary/aromatic N) is 4. The number of rotatable bonds is 4. The van der Waals surface area contributed by atoms with Crippen molar-refractivity contribution < 1.29 is 4.79 Å². The Morgan fingerprint density at radius 3 is 2.65 bits per heavy atom. The number of halogens is 1. The van der Waals surface area contributed by atoms with Crippen LogP contribution in [0.3, 0.4) is 0 Å². The van der Waals surface area contributed by atoms with Crippen LogP contribution in [0.2, 0.25) is 5.15 Å². The number of aromatic nitrogens is 2. The first kappa shape index (κ1) is 13.4. The topological polar surface area (TPSA) is 69.9 Å². The zero-order valence-corrected chi connectivity index (χ0v) is 10.5. The molecule has 0 saturated carbocycles. The van der Waals surface area contributed by atoms with E-state index >= 15 is 0 Å². The Kier molecular flexibility index (Phi) is 4.85. The summed E-state index contributed by atoms with van der Waals surface area (Å²) in [5.74, 6) is -1.18. The molecule has 0 bridgehead atoms. The van der Waals surface area contributed by atoms with Crippen LogP contribution in [0.25, 0.3) is 0 Å². The van der Waals surface area contributed by atoms with E-state index in [2.05, 4.69) is 9.97 Å². The van der Waals surface area contributed by atoms with Crippen molar-refractivity contribution in [1.82, 2.24) is 14.9 Å². The average Bonchev–Trinajstić information content (AvgIpc) is 2.31. The second-order valence-electron chi connectivity index (χ2n) is 3.34. The maximum absolute atomic E-state index is 12.0. The average molecular weight is 253 g/mol. The van der Waals surface area contributed by atoms with E-state index in [-0.39, 0.29) is 11.1 Å². The first-order valence-electron chi connectivity index (χ1n) is 5.29. The van der Waals surface area contributed by atoms with Crippen molar-refractivity contribution in [2.45, 2.75) is 19.8 Å². The fraction of sp³-hybridized carbons (Fsp3) is 0.455. The van der Waals surface area contributed by atoms with Crippen LogP contribution in [-0.4, -0.2) is 33.9 Å². The third-order valence-corrected chi connectivity index (χ3v) is 2.61. The summed E-state index contributed by atoms with van der Waals surface area (Å²) in [6.07, 6.45) is 1.25. The summed E-state index contributed by atoms with van der Waals surface area (Å²) in [5, 5.41) is 9.30. The number of likely N-dealkylation sites (N-methyl/N-ethyl adjacent to an activating group) is 1. The van der Waals surface area contributed by atoms with Gasteiger partial charge in [0.1, 0.15) is 11.5 Å². The van der Waals surface area contributed by atoms with Crippen LogP contribution in [0.4, 0.5) is 0 Å². The maximum Gasteiger partial charge on any atom is 0.246 e. The lowest BCUT2D eigenvalue weighted by molar-refractivity contribution is -0.131. The molecule has 0 aliphatic rings. The minimum atomic E-state index is -0.921. The first-order valence-corrected chi connectivity index (χ1v) is 5.67. The molecule has 1 aromatic heterocycles. The molecule has 0 fully saturated rings. The predicted molar refractivity (Wildman–Crippen MR) is 63.3 cm³/mol. The van der Waals surface area contributed by atoms with Gasteiger partial charge in [0.15, 0.2) is 5.92 Å². The number of nitriles is 1. The van der Waals surface area contributed by atoms with Crippen molar-refractivity contribution in [3.63, 3.8) is 0 Å². The van der Waals surface area contributed by atoms with Crippen LogP contribution >= 0.6 is 11.6 Å². The largest absolute Gasteiger partial charge is 0.342 e. The van der Waals surface area contributed by atoms with Crippen molar-refractivity contribution in [3.8, 4) is 6.07 Å². The zero-order chi connectivity index (χ0) is 12.8. The summed E-state index contributed by atoms with van der Waals surface area (Å²) >= 11 is 5.71. The third-order valence-electron chi connectivity index (χ3n) is 2.40. The van der Waals surface area contributed by atoms with Gasteiger partial charge in [0.25, 0.3) is 0 Å². The quantitative estimate of drug-likeness (QED) is 0.764. The standard InChI is InChI=1S/C11H13ClN4O/c1-3-16(4-2)11(17)8(6-13)9-5-10(12)15-7-14-9/h5,7-8H,3-4H2,1-2H3/t8-/m1/s1. The van der Waals surface area contributed by atoms with Crippen molar-refractivity contribution in [1.29, 1.82) is 5.26 Å². The van der Waals surface area contributed by atoms with Crippen LogP contribution in [0.15, 0.2) is 12.4 Å². The van der Waals surface area contributed by atoms with Crippen molar-refractivity contribution >= 4 is 17.5 Å². The number of hydrogen-bond donors (Lipinski definition) is 0. The van der Waals surface area contributed by atoms with Crippen LogP contribution in [0.5, 0.6) is 0 Å². The molecule has 1 aromatic rings. The van der Waals surface area contributed by atoms with Gasteiger partial charge in [-0.2, -0.15) is 5.26 Å². The highest BCUT2D eigenvalue weighted by Gasteiger charge is 2.25. The van der Waals surface area contributed by atoms with Gasteiger partial charge < -0.3 is 4.90 Å². The number of carbonyl (C=O) groups is 1. The zero-order valence-electron chi connectivity index (χ0n) is 9.72. The van der Waals surface area contributed by atoms with Gasteiger partial charge >= 0.3 is 0 Å². The Morgan fingerprint density at radius 2 is 2.18 bits per heavy atom. The normalized spacial score (nSPS) is 11.6. The molecule has 5 nitrogen and oxygen atoms in total. The lowest BCUT2D eigenvalue weighted by Gasteiger charge is -2.21.